The molecular formula is C18H19Cl2O6P. The second-order valence-corrected chi connectivity index (χ2v) is 8.56. The zero-order valence-electron chi connectivity index (χ0n) is 14.9. The van der Waals surface area contributed by atoms with E-state index in [2.05, 4.69) is 0 Å². The number of hydrogen-bond donors (Lipinski definition) is 0. The van der Waals surface area contributed by atoms with Crippen molar-refractivity contribution in [3.05, 3.63) is 64.1 Å². The van der Waals surface area contributed by atoms with Crippen molar-refractivity contribution in [3.8, 4) is 5.75 Å². The minimum atomic E-state index is -3.75. The third-order valence-corrected chi connectivity index (χ3v) is 6.16. The average molecular weight is 433 g/mol. The maximum Gasteiger partial charge on any atom is 0.375 e. The molecule has 146 valence electrons. The van der Waals surface area contributed by atoms with Crippen LogP contribution in [0.3, 0.4) is 0 Å². The van der Waals surface area contributed by atoms with Crippen molar-refractivity contribution in [1.29, 1.82) is 0 Å². The first kappa shape index (κ1) is 21.7. The molecule has 6 nitrogen and oxygen atoms in total. The molecule has 2 atom stereocenters. The van der Waals surface area contributed by atoms with Gasteiger partial charge >= 0.3 is 13.6 Å². The van der Waals surface area contributed by atoms with E-state index >= 15 is 0 Å². The molecule has 0 heterocycles. The lowest BCUT2D eigenvalue weighted by atomic mass is 10.2. The van der Waals surface area contributed by atoms with Crippen molar-refractivity contribution in [2.75, 3.05) is 14.2 Å². The van der Waals surface area contributed by atoms with Gasteiger partial charge in [-0.15, -0.1) is 0 Å². The SMILES string of the molecule is COP(=O)(OC)C(OC(=O)C(C)Oc1ccc(Cl)cc1Cl)c1ccccc1. The fourth-order valence-corrected chi connectivity index (χ4v) is 3.97. The summed E-state index contributed by atoms with van der Waals surface area (Å²) < 4.78 is 33.9. The molecule has 2 rings (SSSR count). The van der Waals surface area contributed by atoms with E-state index in [-0.39, 0.29) is 10.8 Å². The number of carbonyl (C=O) groups excluding carboxylic acids is 1. The summed E-state index contributed by atoms with van der Waals surface area (Å²) in [5.41, 5.74) is 0.467. The number of rotatable bonds is 8. The highest BCUT2D eigenvalue weighted by Gasteiger charge is 2.40. The van der Waals surface area contributed by atoms with Crippen LogP contribution < -0.4 is 4.74 Å². The molecule has 0 saturated heterocycles. The van der Waals surface area contributed by atoms with Gasteiger partial charge in [0.1, 0.15) is 5.75 Å². The Kier molecular flexibility index (Phi) is 7.71. The minimum Gasteiger partial charge on any atom is -0.477 e. The van der Waals surface area contributed by atoms with E-state index in [9.17, 15) is 9.36 Å². The predicted octanol–water partition coefficient (Wildman–Crippen LogP) is 5.49. The molecule has 0 aliphatic heterocycles. The van der Waals surface area contributed by atoms with Crippen LogP contribution >= 0.6 is 30.8 Å². The first-order valence-corrected chi connectivity index (χ1v) is 10.3. The smallest absolute Gasteiger partial charge is 0.375 e. The van der Waals surface area contributed by atoms with Gasteiger partial charge in [0.15, 0.2) is 6.10 Å². The van der Waals surface area contributed by atoms with Crippen LogP contribution in [0.1, 0.15) is 18.3 Å². The Hall–Kier alpha value is -1.56. The molecule has 0 amide bonds. The maximum atomic E-state index is 12.9. The van der Waals surface area contributed by atoms with Gasteiger partial charge in [0, 0.05) is 24.8 Å². The van der Waals surface area contributed by atoms with Crippen LogP contribution in [-0.4, -0.2) is 26.3 Å². The summed E-state index contributed by atoms with van der Waals surface area (Å²) in [6.45, 7) is 1.49. The van der Waals surface area contributed by atoms with Crippen LogP contribution in [0.2, 0.25) is 10.0 Å². The van der Waals surface area contributed by atoms with E-state index < -0.39 is 25.5 Å². The summed E-state index contributed by atoms with van der Waals surface area (Å²) in [5.74, 6) is -1.74. The van der Waals surface area contributed by atoms with Gasteiger partial charge in [-0.05, 0) is 25.1 Å². The third-order valence-electron chi connectivity index (χ3n) is 3.64. The maximum absolute atomic E-state index is 12.9. The lowest BCUT2D eigenvalue weighted by Crippen LogP contribution is -2.28. The van der Waals surface area contributed by atoms with Gasteiger partial charge in [-0.1, -0.05) is 53.5 Å². The summed E-state index contributed by atoms with van der Waals surface area (Å²) in [4.78, 5) is 12.5. The molecule has 2 aromatic rings. The first-order valence-electron chi connectivity index (χ1n) is 7.89. The van der Waals surface area contributed by atoms with E-state index in [1.807, 2.05) is 0 Å². The van der Waals surface area contributed by atoms with Crippen molar-refractivity contribution in [2.45, 2.75) is 18.9 Å². The molecule has 0 fully saturated rings. The lowest BCUT2D eigenvalue weighted by Gasteiger charge is -2.26. The molecule has 0 saturated carbocycles. The molecule has 0 aliphatic carbocycles. The summed E-state index contributed by atoms with van der Waals surface area (Å²) in [6, 6.07) is 13.2. The quantitative estimate of drug-likeness (QED) is 0.405. The molecule has 0 N–H and O–H groups in total. The molecule has 9 heteroatoms. The molecule has 2 unspecified atom stereocenters. The van der Waals surface area contributed by atoms with Crippen LogP contribution in [0.5, 0.6) is 5.75 Å². The topological polar surface area (TPSA) is 71.1 Å². The van der Waals surface area contributed by atoms with Crippen LogP contribution in [0.25, 0.3) is 0 Å². The third kappa shape index (κ3) is 5.47. The van der Waals surface area contributed by atoms with Crippen LogP contribution in [0, 0.1) is 0 Å². The molecule has 0 radical (unpaired) electrons. The fourth-order valence-electron chi connectivity index (χ4n) is 2.21. The minimum absolute atomic E-state index is 0.251. The molecular weight excluding hydrogens is 414 g/mol. The van der Waals surface area contributed by atoms with E-state index in [1.54, 1.807) is 42.5 Å². The van der Waals surface area contributed by atoms with Gasteiger partial charge in [-0.25, -0.2) is 4.79 Å². The Balaban J connectivity index is 2.21. The van der Waals surface area contributed by atoms with Crippen molar-refractivity contribution < 1.29 is 27.9 Å². The zero-order chi connectivity index (χ0) is 20.0. The van der Waals surface area contributed by atoms with E-state index in [0.29, 0.717) is 10.6 Å². The van der Waals surface area contributed by atoms with Gasteiger partial charge in [0.05, 0.1) is 5.02 Å². The number of hydrogen-bond acceptors (Lipinski definition) is 6. The van der Waals surface area contributed by atoms with Gasteiger partial charge in [0.25, 0.3) is 0 Å². The lowest BCUT2D eigenvalue weighted by molar-refractivity contribution is -0.154. The number of ether oxygens (including phenoxy) is 2. The Morgan fingerprint density at radius 3 is 2.22 bits per heavy atom. The fraction of sp³-hybridized carbons (Fsp3) is 0.278. The molecule has 27 heavy (non-hydrogen) atoms. The van der Waals surface area contributed by atoms with Gasteiger partial charge < -0.3 is 18.5 Å². The van der Waals surface area contributed by atoms with E-state index in [1.165, 1.54) is 27.2 Å². The van der Waals surface area contributed by atoms with Crippen LogP contribution in [0.15, 0.2) is 48.5 Å². The molecule has 0 aliphatic rings. The number of esters is 1. The van der Waals surface area contributed by atoms with Crippen LogP contribution in [-0.2, 0) is 23.1 Å². The summed E-state index contributed by atoms with van der Waals surface area (Å²) in [7, 11) is -1.30. The Labute approximate surface area is 167 Å². The summed E-state index contributed by atoms with van der Waals surface area (Å²) in [5, 5.41) is 0.689. The Bertz CT molecular complexity index is 822. The van der Waals surface area contributed by atoms with Gasteiger partial charge in [0.2, 0.25) is 5.85 Å². The zero-order valence-corrected chi connectivity index (χ0v) is 17.3. The van der Waals surface area contributed by atoms with Crippen molar-refractivity contribution in [2.24, 2.45) is 0 Å². The Morgan fingerprint density at radius 1 is 1.04 bits per heavy atom. The van der Waals surface area contributed by atoms with Gasteiger partial charge in [-0.3, -0.25) is 4.57 Å². The van der Waals surface area contributed by atoms with Crippen LogP contribution in [0.4, 0.5) is 0 Å². The Morgan fingerprint density at radius 2 is 1.67 bits per heavy atom. The summed E-state index contributed by atoms with van der Waals surface area (Å²) in [6.07, 6.45) is -1.03. The van der Waals surface area contributed by atoms with Crippen molar-refractivity contribution >= 4 is 36.8 Å². The standard InChI is InChI=1S/C18H19Cl2O6P/c1-12(25-16-10-9-14(19)11-15(16)20)17(21)26-18(27(22,23-2)24-3)13-7-5-4-6-8-13/h4-12,18H,1-3H3. The second kappa shape index (κ2) is 9.58. The number of benzene rings is 2. The second-order valence-electron chi connectivity index (χ2n) is 5.44. The average Bonchev–Trinajstić information content (AvgIpc) is 2.68. The van der Waals surface area contributed by atoms with E-state index in [4.69, 9.17) is 41.7 Å². The molecule has 0 bridgehead atoms. The number of halogens is 2. The molecule has 0 aromatic heterocycles. The van der Waals surface area contributed by atoms with Crippen molar-refractivity contribution in [3.63, 3.8) is 0 Å². The monoisotopic (exact) mass is 432 g/mol. The normalized spacial score (nSPS) is 13.7. The predicted molar refractivity (Wildman–Crippen MR) is 103 cm³/mol. The largest absolute Gasteiger partial charge is 0.477 e. The highest BCUT2D eigenvalue weighted by molar-refractivity contribution is 7.54. The highest BCUT2D eigenvalue weighted by Crippen LogP contribution is 2.60. The summed E-state index contributed by atoms with van der Waals surface area (Å²) >= 11 is 11.9. The van der Waals surface area contributed by atoms with Gasteiger partial charge in [-0.2, -0.15) is 0 Å². The number of carbonyl (C=O) groups is 1. The first-order chi connectivity index (χ1) is 12.8. The molecule has 2 aromatic carbocycles. The highest BCUT2D eigenvalue weighted by atomic mass is 35.5. The van der Waals surface area contributed by atoms with E-state index in [0.717, 1.165) is 0 Å². The molecule has 0 spiro atoms. The van der Waals surface area contributed by atoms with Crippen molar-refractivity contribution in [1.82, 2.24) is 0 Å².